The highest BCUT2D eigenvalue weighted by Crippen LogP contribution is 2.35. The third kappa shape index (κ3) is 3.17. The second-order valence-electron chi connectivity index (χ2n) is 6.13. The molecule has 1 atom stereocenters. The molecule has 23 heavy (non-hydrogen) atoms. The second kappa shape index (κ2) is 7.01. The van der Waals surface area contributed by atoms with Gasteiger partial charge in [-0.15, -0.1) is 0 Å². The molecule has 1 aliphatic carbocycles. The molecule has 0 spiro atoms. The van der Waals surface area contributed by atoms with Crippen molar-refractivity contribution in [2.75, 3.05) is 13.1 Å². The zero-order valence-corrected chi connectivity index (χ0v) is 13.7. The predicted molar refractivity (Wildman–Crippen MR) is 95.0 cm³/mol. The summed E-state index contributed by atoms with van der Waals surface area (Å²) >= 11 is 0. The molecule has 3 N–H and O–H groups in total. The average molecular weight is 311 g/mol. The number of rotatable bonds is 5. The zero-order chi connectivity index (χ0) is 16.2. The molecule has 1 unspecified atom stereocenters. The number of nitrogens with two attached hydrogens (primary N) is 1. The Morgan fingerprint density at radius 3 is 2.91 bits per heavy atom. The Morgan fingerprint density at radius 1 is 1.39 bits per heavy atom. The number of nitrogens with one attached hydrogen (secondary N) is 1. The fraction of sp³-hybridized carbons (Fsp3) is 0.421. The smallest absolute Gasteiger partial charge is 0.223 e. The second-order valence-corrected chi connectivity index (χ2v) is 6.13. The molecule has 4 nitrogen and oxygen atoms in total. The Labute approximate surface area is 137 Å². The molecule has 0 radical (unpaired) electrons. The van der Waals surface area contributed by atoms with E-state index in [2.05, 4.69) is 53.3 Å². The number of allylic oxidation sites excluding steroid dienone is 2. The number of hydrogen-bond donors (Lipinski definition) is 2. The lowest BCUT2D eigenvalue weighted by molar-refractivity contribution is -0.125. The largest absolute Gasteiger partial charge is 0.355 e. The van der Waals surface area contributed by atoms with Gasteiger partial charge >= 0.3 is 0 Å². The average Bonchev–Trinajstić information content (AvgIpc) is 2.98. The summed E-state index contributed by atoms with van der Waals surface area (Å²) in [5.41, 5.74) is 9.42. The first-order valence-corrected chi connectivity index (χ1v) is 8.49. The van der Waals surface area contributed by atoms with Crippen molar-refractivity contribution in [3.8, 4) is 0 Å². The summed E-state index contributed by atoms with van der Waals surface area (Å²) in [6.45, 7) is 4.20. The molecule has 1 aliphatic rings. The summed E-state index contributed by atoms with van der Waals surface area (Å²) in [7, 11) is 0. The van der Waals surface area contributed by atoms with E-state index in [0.29, 0.717) is 13.1 Å². The number of aryl methyl sites for hydroxylation is 1. The molecule has 1 heterocycles. The number of amides is 1. The van der Waals surface area contributed by atoms with Crippen molar-refractivity contribution in [1.29, 1.82) is 0 Å². The third-order valence-corrected chi connectivity index (χ3v) is 4.70. The number of fused-ring (bicyclic) bond motifs is 1. The van der Waals surface area contributed by atoms with E-state index in [0.717, 1.165) is 25.8 Å². The number of benzene rings is 1. The van der Waals surface area contributed by atoms with Crippen LogP contribution < -0.4 is 11.1 Å². The van der Waals surface area contributed by atoms with E-state index in [1.165, 1.54) is 22.0 Å². The van der Waals surface area contributed by atoms with Gasteiger partial charge in [0.15, 0.2) is 0 Å². The lowest BCUT2D eigenvalue weighted by Crippen LogP contribution is -2.34. The lowest BCUT2D eigenvalue weighted by atomic mass is 9.86. The van der Waals surface area contributed by atoms with Crippen molar-refractivity contribution in [2.24, 2.45) is 11.7 Å². The summed E-state index contributed by atoms with van der Waals surface area (Å²) in [5, 5.41) is 4.21. The molecule has 0 saturated carbocycles. The van der Waals surface area contributed by atoms with Crippen LogP contribution in [0.5, 0.6) is 0 Å². The van der Waals surface area contributed by atoms with E-state index in [-0.39, 0.29) is 11.8 Å². The van der Waals surface area contributed by atoms with Gasteiger partial charge in [-0.25, -0.2) is 0 Å². The topological polar surface area (TPSA) is 60.0 Å². The monoisotopic (exact) mass is 311 g/mol. The number of carbonyl (C=O) groups excluding carboxylic acids is 1. The van der Waals surface area contributed by atoms with Crippen LogP contribution in [0.4, 0.5) is 0 Å². The zero-order valence-electron chi connectivity index (χ0n) is 13.7. The molecule has 4 heteroatoms. The van der Waals surface area contributed by atoms with E-state index >= 15 is 0 Å². The third-order valence-electron chi connectivity index (χ3n) is 4.70. The lowest BCUT2D eigenvalue weighted by Gasteiger charge is -2.21. The maximum atomic E-state index is 12.1. The first kappa shape index (κ1) is 15.8. The highest BCUT2D eigenvalue weighted by Gasteiger charge is 2.23. The minimum absolute atomic E-state index is 0.0878. The van der Waals surface area contributed by atoms with Crippen molar-refractivity contribution >= 4 is 22.4 Å². The van der Waals surface area contributed by atoms with Gasteiger partial charge in [0.05, 0.1) is 0 Å². The Balaban J connectivity index is 1.81. The van der Waals surface area contributed by atoms with E-state index in [1.807, 2.05) is 0 Å². The Kier molecular flexibility index (Phi) is 4.82. The molecule has 0 aliphatic heterocycles. The normalized spacial score (nSPS) is 18.0. The molecule has 1 amide bonds. The van der Waals surface area contributed by atoms with E-state index in [4.69, 9.17) is 5.73 Å². The van der Waals surface area contributed by atoms with Crippen molar-refractivity contribution in [3.05, 3.63) is 42.1 Å². The van der Waals surface area contributed by atoms with E-state index in [9.17, 15) is 4.79 Å². The van der Waals surface area contributed by atoms with Crippen molar-refractivity contribution in [2.45, 2.75) is 32.7 Å². The van der Waals surface area contributed by atoms with Crippen LogP contribution in [0.3, 0.4) is 0 Å². The molecular formula is C19H25N3O. The van der Waals surface area contributed by atoms with Crippen LogP contribution in [0.1, 0.15) is 31.7 Å². The standard InChI is InChI=1S/C19H25N3O/c1-2-22-13-17(16-5-3-4-6-18(16)22)14-7-9-15(10-8-14)19(23)21-12-11-20/h3-7,13,15H,2,8-12,20H2,1H3,(H,21,23). The van der Waals surface area contributed by atoms with Gasteiger partial charge in [0.1, 0.15) is 0 Å². The van der Waals surface area contributed by atoms with Crippen LogP contribution in [0.15, 0.2) is 36.5 Å². The van der Waals surface area contributed by atoms with Gasteiger partial charge in [0, 0.05) is 48.2 Å². The van der Waals surface area contributed by atoms with Gasteiger partial charge in [-0.3, -0.25) is 4.79 Å². The number of para-hydroxylation sites is 1. The molecule has 0 fully saturated rings. The van der Waals surface area contributed by atoms with Gasteiger partial charge in [0.2, 0.25) is 5.91 Å². The number of aromatic nitrogens is 1. The van der Waals surface area contributed by atoms with Crippen LogP contribution in [-0.2, 0) is 11.3 Å². The van der Waals surface area contributed by atoms with Gasteiger partial charge in [-0.2, -0.15) is 0 Å². The molecule has 2 aromatic rings. The Hall–Kier alpha value is -2.07. The Bertz CT molecular complexity index is 729. The first-order valence-electron chi connectivity index (χ1n) is 8.49. The van der Waals surface area contributed by atoms with Crippen molar-refractivity contribution < 1.29 is 4.79 Å². The maximum absolute atomic E-state index is 12.1. The molecule has 0 saturated heterocycles. The summed E-state index contributed by atoms with van der Waals surface area (Å²) in [6.07, 6.45) is 7.19. The first-order chi connectivity index (χ1) is 11.2. The highest BCUT2D eigenvalue weighted by molar-refractivity contribution is 5.93. The molecule has 3 rings (SSSR count). The van der Waals surface area contributed by atoms with Gasteiger partial charge in [0.25, 0.3) is 0 Å². The van der Waals surface area contributed by atoms with Crippen molar-refractivity contribution in [3.63, 3.8) is 0 Å². The van der Waals surface area contributed by atoms with Crippen molar-refractivity contribution in [1.82, 2.24) is 9.88 Å². The summed E-state index contributed by atoms with van der Waals surface area (Å²) in [4.78, 5) is 12.1. The summed E-state index contributed by atoms with van der Waals surface area (Å²) < 4.78 is 2.30. The summed E-state index contributed by atoms with van der Waals surface area (Å²) in [5.74, 6) is 0.228. The quantitative estimate of drug-likeness (QED) is 0.892. The maximum Gasteiger partial charge on any atom is 0.223 e. The molecule has 1 aromatic heterocycles. The highest BCUT2D eigenvalue weighted by atomic mass is 16.1. The molecular weight excluding hydrogens is 286 g/mol. The number of nitrogens with zero attached hydrogens (tertiary/aromatic N) is 1. The fourth-order valence-corrected chi connectivity index (χ4v) is 3.42. The van der Waals surface area contributed by atoms with Crippen LogP contribution in [0.2, 0.25) is 0 Å². The van der Waals surface area contributed by atoms with Gasteiger partial charge in [-0.1, -0.05) is 24.3 Å². The van der Waals surface area contributed by atoms with Crippen LogP contribution >= 0.6 is 0 Å². The molecule has 1 aromatic carbocycles. The number of carbonyl (C=O) groups is 1. The van der Waals surface area contributed by atoms with Gasteiger partial charge in [-0.05, 0) is 37.8 Å². The number of hydrogen-bond acceptors (Lipinski definition) is 2. The Morgan fingerprint density at radius 2 is 2.22 bits per heavy atom. The minimum Gasteiger partial charge on any atom is -0.355 e. The van der Waals surface area contributed by atoms with Crippen LogP contribution in [0, 0.1) is 5.92 Å². The molecule has 0 bridgehead atoms. The molecule has 122 valence electrons. The fourth-order valence-electron chi connectivity index (χ4n) is 3.42. The summed E-state index contributed by atoms with van der Waals surface area (Å²) in [6, 6.07) is 8.55. The SMILES string of the molecule is CCn1cc(C2=CCC(C(=O)NCCN)CC2)c2ccccc21. The minimum atomic E-state index is 0.0878. The van der Waals surface area contributed by atoms with Crippen LogP contribution in [0.25, 0.3) is 16.5 Å². The van der Waals surface area contributed by atoms with E-state index < -0.39 is 0 Å². The predicted octanol–water partition coefficient (Wildman–Crippen LogP) is 2.92. The van der Waals surface area contributed by atoms with Crippen LogP contribution in [-0.4, -0.2) is 23.6 Å². The van der Waals surface area contributed by atoms with Gasteiger partial charge < -0.3 is 15.6 Å². The van der Waals surface area contributed by atoms with E-state index in [1.54, 1.807) is 0 Å².